The number of aromatic amines is 1. The van der Waals surface area contributed by atoms with Gasteiger partial charge in [-0.3, -0.25) is 9.78 Å². The minimum Gasteiger partial charge on any atom is -0.399 e. The van der Waals surface area contributed by atoms with Crippen LogP contribution in [-0.2, 0) is 0 Å². The van der Waals surface area contributed by atoms with Crippen molar-refractivity contribution < 1.29 is 0 Å². The van der Waals surface area contributed by atoms with E-state index in [1.165, 1.54) is 6.42 Å². The molecule has 1 aliphatic heterocycles. The van der Waals surface area contributed by atoms with Crippen LogP contribution in [0.15, 0.2) is 23.0 Å². The number of hydrogen-bond acceptors (Lipinski definition) is 4. The van der Waals surface area contributed by atoms with E-state index in [0.717, 1.165) is 13.0 Å². The number of aromatic nitrogens is 2. The maximum absolute atomic E-state index is 12.2. The Morgan fingerprint density at radius 3 is 2.95 bits per heavy atom. The Labute approximate surface area is 117 Å². The zero-order valence-corrected chi connectivity index (χ0v) is 11.9. The Bertz CT molecular complexity index is 694. The van der Waals surface area contributed by atoms with E-state index < -0.39 is 0 Å². The summed E-state index contributed by atoms with van der Waals surface area (Å²) in [4.78, 5) is 21.9. The Morgan fingerprint density at radius 2 is 2.15 bits per heavy atom. The quantitative estimate of drug-likeness (QED) is 0.780. The maximum Gasteiger partial charge on any atom is 0.260 e. The number of benzene rings is 1. The molecule has 0 radical (unpaired) electrons. The molecule has 3 N–H and O–H groups in total. The third-order valence-electron chi connectivity index (χ3n) is 4.11. The normalized spacial score (nSPS) is 23.2. The molecule has 1 fully saturated rings. The van der Waals surface area contributed by atoms with Gasteiger partial charge in [0.2, 0.25) is 5.95 Å². The first kappa shape index (κ1) is 13.0. The summed E-state index contributed by atoms with van der Waals surface area (Å²) in [5, 5.41) is 0.548. The van der Waals surface area contributed by atoms with Crippen LogP contribution >= 0.6 is 0 Å². The molecule has 1 aliphatic rings. The van der Waals surface area contributed by atoms with Gasteiger partial charge in [-0.15, -0.1) is 0 Å². The molecule has 0 saturated carbocycles. The van der Waals surface area contributed by atoms with E-state index in [2.05, 4.69) is 28.7 Å². The van der Waals surface area contributed by atoms with Crippen LogP contribution in [0.5, 0.6) is 0 Å². The largest absolute Gasteiger partial charge is 0.399 e. The smallest absolute Gasteiger partial charge is 0.260 e. The second kappa shape index (κ2) is 4.81. The molecule has 0 aliphatic carbocycles. The predicted molar refractivity (Wildman–Crippen MR) is 82.0 cm³/mol. The molecule has 20 heavy (non-hydrogen) atoms. The number of fused-ring (bicyclic) bond motifs is 1. The fourth-order valence-corrected chi connectivity index (χ4v) is 2.86. The van der Waals surface area contributed by atoms with E-state index in [4.69, 9.17) is 5.73 Å². The van der Waals surface area contributed by atoms with Crippen LogP contribution in [0.4, 0.5) is 11.6 Å². The lowest BCUT2D eigenvalue weighted by Crippen LogP contribution is -2.42. The molecule has 1 saturated heterocycles. The fraction of sp³-hybridized carbons (Fsp3) is 0.467. The molecule has 5 heteroatoms. The highest BCUT2D eigenvalue weighted by Crippen LogP contribution is 2.25. The fourth-order valence-electron chi connectivity index (χ4n) is 2.86. The standard InChI is InChI=1S/C15H20N4O/c1-9-3-4-10(2)19(8-9)15-17-13-6-5-11(16)7-12(13)14(20)18-15/h5-7,9-10H,3-4,8,16H2,1-2H3,(H,17,18,20). The summed E-state index contributed by atoms with van der Waals surface area (Å²) in [5.41, 5.74) is 6.88. The van der Waals surface area contributed by atoms with Gasteiger partial charge in [0, 0.05) is 18.3 Å². The number of nitrogen functional groups attached to an aromatic ring is 1. The van der Waals surface area contributed by atoms with Gasteiger partial charge in [-0.1, -0.05) is 6.92 Å². The number of rotatable bonds is 1. The summed E-state index contributed by atoms with van der Waals surface area (Å²) >= 11 is 0. The van der Waals surface area contributed by atoms with Gasteiger partial charge in [-0.2, -0.15) is 0 Å². The highest BCUT2D eigenvalue weighted by atomic mass is 16.1. The summed E-state index contributed by atoms with van der Waals surface area (Å²) in [5.74, 6) is 1.30. The topological polar surface area (TPSA) is 75.0 Å². The molecule has 5 nitrogen and oxygen atoms in total. The lowest BCUT2D eigenvalue weighted by atomic mass is 9.95. The van der Waals surface area contributed by atoms with Crippen molar-refractivity contribution in [1.82, 2.24) is 9.97 Å². The van der Waals surface area contributed by atoms with Gasteiger partial charge in [0.15, 0.2) is 0 Å². The number of nitrogens with one attached hydrogen (secondary N) is 1. The van der Waals surface area contributed by atoms with Crippen molar-refractivity contribution in [2.45, 2.75) is 32.7 Å². The van der Waals surface area contributed by atoms with Crippen LogP contribution < -0.4 is 16.2 Å². The minimum absolute atomic E-state index is 0.122. The Hall–Kier alpha value is -2.04. The summed E-state index contributed by atoms with van der Waals surface area (Å²) < 4.78 is 0. The van der Waals surface area contributed by atoms with Crippen molar-refractivity contribution in [2.75, 3.05) is 17.2 Å². The average Bonchev–Trinajstić information content (AvgIpc) is 2.42. The van der Waals surface area contributed by atoms with E-state index >= 15 is 0 Å². The number of anilines is 2. The lowest BCUT2D eigenvalue weighted by Gasteiger charge is -2.37. The van der Waals surface area contributed by atoms with E-state index in [0.29, 0.717) is 34.5 Å². The average molecular weight is 272 g/mol. The van der Waals surface area contributed by atoms with Crippen molar-refractivity contribution in [1.29, 1.82) is 0 Å². The first-order chi connectivity index (χ1) is 9.54. The highest BCUT2D eigenvalue weighted by molar-refractivity contribution is 5.81. The zero-order chi connectivity index (χ0) is 14.3. The summed E-state index contributed by atoms with van der Waals surface area (Å²) in [6.45, 7) is 5.35. The second-order valence-corrected chi connectivity index (χ2v) is 5.85. The minimum atomic E-state index is -0.122. The SMILES string of the molecule is CC1CCC(C)N(c2nc3ccc(N)cc3c(=O)[nH]2)C1. The summed E-state index contributed by atoms with van der Waals surface area (Å²) in [6, 6.07) is 5.66. The van der Waals surface area contributed by atoms with Crippen molar-refractivity contribution in [3.05, 3.63) is 28.6 Å². The van der Waals surface area contributed by atoms with Gasteiger partial charge in [0.05, 0.1) is 10.9 Å². The van der Waals surface area contributed by atoms with E-state index in [1.54, 1.807) is 18.2 Å². The first-order valence-corrected chi connectivity index (χ1v) is 7.11. The maximum atomic E-state index is 12.2. The Balaban J connectivity index is 2.08. The van der Waals surface area contributed by atoms with Crippen LogP contribution in [0, 0.1) is 5.92 Å². The van der Waals surface area contributed by atoms with E-state index in [9.17, 15) is 4.79 Å². The van der Waals surface area contributed by atoms with Crippen LogP contribution in [0.3, 0.4) is 0 Å². The number of hydrogen-bond donors (Lipinski definition) is 2. The third kappa shape index (κ3) is 2.24. The van der Waals surface area contributed by atoms with Crippen LogP contribution in [0.25, 0.3) is 10.9 Å². The van der Waals surface area contributed by atoms with Crippen molar-refractivity contribution in [3.8, 4) is 0 Å². The summed E-state index contributed by atoms with van der Waals surface area (Å²) in [7, 11) is 0. The molecular weight excluding hydrogens is 252 g/mol. The summed E-state index contributed by atoms with van der Waals surface area (Å²) in [6.07, 6.45) is 2.36. The zero-order valence-electron chi connectivity index (χ0n) is 11.9. The molecule has 0 spiro atoms. The van der Waals surface area contributed by atoms with E-state index in [-0.39, 0.29) is 5.56 Å². The molecule has 2 aromatic rings. The van der Waals surface area contributed by atoms with Gasteiger partial charge >= 0.3 is 0 Å². The molecule has 106 valence electrons. The molecule has 2 unspecified atom stereocenters. The van der Waals surface area contributed by atoms with Crippen molar-refractivity contribution in [3.63, 3.8) is 0 Å². The molecule has 2 atom stereocenters. The predicted octanol–water partition coefficient (Wildman–Crippen LogP) is 2.13. The van der Waals surface area contributed by atoms with Crippen LogP contribution in [-0.4, -0.2) is 22.6 Å². The van der Waals surface area contributed by atoms with Crippen molar-refractivity contribution in [2.24, 2.45) is 5.92 Å². The highest BCUT2D eigenvalue weighted by Gasteiger charge is 2.25. The van der Waals surface area contributed by atoms with Gasteiger partial charge in [0.1, 0.15) is 0 Å². The number of nitrogens with zero attached hydrogens (tertiary/aromatic N) is 2. The number of piperidine rings is 1. The van der Waals surface area contributed by atoms with Gasteiger partial charge < -0.3 is 10.6 Å². The second-order valence-electron chi connectivity index (χ2n) is 5.85. The lowest BCUT2D eigenvalue weighted by molar-refractivity contribution is 0.385. The van der Waals surface area contributed by atoms with E-state index in [1.807, 2.05) is 0 Å². The van der Waals surface area contributed by atoms with Gasteiger partial charge in [-0.25, -0.2) is 4.98 Å². The monoisotopic (exact) mass is 272 g/mol. The molecule has 0 amide bonds. The Morgan fingerprint density at radius 1 is 1.35 bits per heavy atom. The molecule has 0 bridgehead atoms. The number of H-pyrrole nitrogens is 1. The molecule has 1 aromatic heterocycles. The van der Waals surface area contributed by atoms with Crippen molar-refractivity contribution >= 4 is 22.5 Å². The van der Waals surface area contributed by atoms with Gasteiger partial charge in [-0.05, 0) is 43.9 Å². The Kier molecular flexibility index (Phi) is 3.12. The van der Waals surface area contributed by atoms with Gasteiger partial charge in [0.25, 0.3) is 5.56 Å². The third-order valence-corrected chi connectivity index (χ3v) is 4.11. The number of nitrogens with two attached hydrogens (primary N) is 1. The molecular formula is C15H20N4O. The van der Waals surface area contributed by atoms with Crippen LogP contribution in [0.2, 0.25) is 0 Å². The van der Waals surface area contributed by atoms with Crippen LogP contribution in [0.1, 0.15) is 26.7 Å². The molecule has 3 rings (SSSR count). The first-order valence-electron chi connectivity index (χ1n) is 7.11. The molecule has 2 heterocycles. The molecule has 1 aromatic carbocycles.